The van der Waals surface area contributed by atoms with E-state index >= 15 is 0 Å². The Morgan fingerprint density at radius 1 is 1.32 bits per heavy atom. The lowest BCUT2D eigenvalue weighted by atomic mass is 10.0. The Hall–Kier alpha value is -1.55. The van der Waals surface area contributed by atoms with Crippen molar-refractivity contribution >= 4 is 23.4 Å². The summed E-state index contributed by atoms with van der Waals surface area (Å²) in [6, 6.07) is 6.92. The van der Waals surface area contributed by atoms with Gasteiger partial charge in [0.05, 0.1) is 12.5 Å². The van der Waals surface area contributed by atoms with Crippen LogP contribution in [0.15, 0.2) is 24.3 Å². The molecule has 1 unspecified atom stereocenters. The zero-order valence-corrected chi connectivity index (χ0v) is 11.6. The van der Waals surface area contributed by atoms with Gasteiger partial charge in [-0.15, -0.1) is 0 Å². The van der Waals surface area contributed by atoms with Crippen molar-refractivity contribution in [1.29, 1.82) is 0 Å². The number of benzene rings is 1. The SMILES string of the molecule is CC(=O)NC(CC(=O)N1CCC1)c1ccc(Cl)cc1. The summed E-state index contributed by atoms with van der Waals surface area (Å²) in [5, 5.41) is 3.46. The van der Waals surface area contributed by atoms with Crippen molar-refractivity contribution in [3.05, 3.63) is 34.9 Å². The molecule has 1 fully saturated rings. The third kappa shape index (κ3) is 3.70. The maximum absolute atomic E-state index is 12.0. The minimum atomic E-state index is -0.289. The summed E-state index contributed by atoms with van der Waals surface area (Å²) in [6.07, 6.45) is 1.36. The first-order valence-electron chi connectivity index (χ1n) is 6.36. The van der Waals surface area contributed by atoms with Crippen LogP contribution in [-0.4, -0.2) is 29.8 Å². The Balaban J connectivity index is 2.08. The topological polar surface area (TPSA) is 49.4 Å². The quantitative estimate of drug-likeness (QED) is 0.919. The number of hydrogen-bond donors (Lipinski definition) is 1. The Bertz CT molecular complexity index is 469. The summed E-state index contributed by atoms with van der Waals surface area (Å²) >= 11 is 5.85. The maximum atomic E-state index is 12.0. The molecule has 0 saturated carbocycles. The molecule has 5 heteroatoms. The number of amides is 2. The summed E-state index contributed by atoms with van der Waals surface area (Å²) < 4.78 is 0. The standard InChI is InChI=1S/C14H17ClN2O2/c1-10(18)16-13(9-14(19)17-7-2-8-17)11-3-5-12(15)6-4-11/h3-6,13H,2,7-9H2,1H3,(H,16,18). The van der Waals surface area contributed by atoms with Crippen LogP contribution >= 0.6 is 11.6 Å². The zero-order valence-electron chi connectivity index (χ0n) is 10.9. The van der Waals surface area contributed by atoms with E-state index in [4.69, 9.17) is 11.6 Å². The molecule has 2 rings (SSSR count). The molecule has 1 aromatic carbocycles. The lowest BCUT2D eigenvalue weighted by molar-refractivity contribution is -0.135. The van der Waals surface area contributed by atoms with Gasteiger partial charge in [-0.1, -0.05) is 23.7 Å². The van der Waals surface area contributed by atoms with Crippen LogP contribution in [0.3, 0.4) is 0 Å². The van der Waals surface area contributed by atoms with Crippen LogP contribution in [-0.2, 0) is 9.59 Å². The van der Waals surface area contributed by atoms with E-state index < -0.39 is 0 Å². The highest BCUT2D eigenvalue weighted by molar-refractivity contribution is 6.30. The molecule has 0 aromatic heterocycles. The normalized spacial score (nSPS) is 15.6. The average molecular weight is 281 g/mol. The first-order valence-corrected chi connectivity index (χ1v) is 6.74. The second-order valence-corrected chi connectivity index (χ2v) is 5.18. The van der Waals surface area contributed by atoms with Gasteiger partial charge in [-0.25, -0.2) is 0 Å². The van der Waals surface area contributed by atoms with Gasteiger partial charge in [0.1, 0.15) is 0 Å². The van der Waals surface area contributed by atoms with Crippen molar-refractivity contribution in [3.8, 4) is 0 Å². The fourth-order valence-corrected chi connectivity index (χ4v) is 2.19. The first kappa shape index (κ1) is 13.9. The molecule has 0 bridgehead atoms. The molecular weight excluding hydrogens is 264 g/mol. The van der Waals surface area contributed by atoms with Crippen LogP contribution in [0.5, 0.6) is 0 Å². The summed E-state index contributed by atoms with van der Waals surface area (Å²) in [7, 11) is 0. The highest BCUT2D eigenvalue weighted by Crippen LogP contribution is 2.21. The largest absolute Gasteiger partial charge is 0.349 e. The van der Waals surface area contributed by atoms with Crippen molar-refractivity contribution in [3.63, 3.8) is 0 Å². The second-order valence-electron chi connectivity index (χ2n) is 4.74. The third-order valence-electron chi connectivity index (χ3n) is 3.24. The number of nitrogens with zero attached hydrogens (tertiary/aromatic N) is 1. The summed E-state index contributed by atoms with van der Waals surface area (Å²) in [5.41, 5.74) is 0.897. The number of hydrogen-bond acceptors (Lipinski definition) is 2. The summed E-state index contributed by atoms with van der Waals surface area (Å²) in [5.74, 6) is -0.0590. The van der Waals surface area contributed by atoms with Crippen molar-refractivity contribution in [1.82, 2.24) is 10.2 Å². The number of halogens is 1. The molecule has 19 heavy (non-hydrogen) atoms. The predicted octanol–water partition coefficient (Wildman–Crippen LogP) is 2.14. The van der Waals surface area contributed by atoms with Gasteiger partial charge in [0, 0.05) is 25.0 Å². The number of likely N-dealkylation sites (tertiary alicyclic amines) is 1. The first-order chi connectivity index (χ1) is 9.06. The lowest BCUT2D eigenvalue weighted by Crippen LogP contribution is -2.43. The van der Waals surface area contributed by atoms with E-state index in [1.165, 1.54) is 6.92 Å². The molecule has 1 saturated heterocycles. The van der Waals surface area contributed by atoms with Crippen LogP contribution in [0.2, 0.25) is 5.02 Å². The molecule has 1 N–H and O–H groups in total. The van der Waals surface area contributed by atoms with Crippen molar-refractivity contribution in [2.45, 2.75) is 25.8 Å². The van der Waals surface area contributed by atoms with Gasteiger partial charge in [0.15, 0.2) is 0 Å². The number of carbonyl (C=O) groups excluding carboxylic acids is 2. The smallest absolute Gasteiger partial charge is 0.224 e. The zero-order chi connectivity index (χ0) is 13.8. The Morgan fingerprint density at radius 3 is 2.42 bits per heavy atom. The van der Waals surface area contributed by atoms with Gasteiger partial charge in [-0.05, 0) is 24.1 Å². The van der Waals surface area contributed by atoms with Gasteiger partial charge >= 0.3 is 0 Å². The van der Waals surface area contributed by atoms with Crippen molar-refractivity contribution < 1.29 is 9.59 Å². The Morgan fingerprint density at radius 2 is 1.95 bits per heavy atom. The van der Waals surface area contributed by atoms with E-state index in [1.54, 1.807) is 12.1 Å². The highest BCUT2D eigenvalue weighted by atomic mass is 35.5. The number of rotatable bonds is 4. The minimum absolute atomic E-state index is 0.0833. The predicted molar refractivity (Wildman–Crippen MR) is 73.8 cm³/mol. The van der Waals surface area contributed by atoms with E-state index in [9.17, 15) is 9.59 Å². The molecular formula is C14H17ClN2O2. The third-order valence-corrected chi connectivity index (χ3v) is 3.49. The van der Waals surface area contributed by atoms with E-state index in [1.807, 2.05) is 17.0 Å². The van der Waals surface area contributed by atoms with E-state index in [0.29, 0.717) is 11.4 Å². The maximum Gasteiger partial charge on any atom is 0.224 e. The molecule has 2 amide bonds. The lowest BCUT2D eigenvalue weighted by Gasteiger charge is -2.32. The molecule has 0 radical (unpaired) electrons. The Kier molecular flexibility index (Phi) is 4.43. The molecule has 102 valence electrons. The molecule has 4 nitrogen and oxygen atoms in total. The summed E-state index contributed by atoms with van der Waals surface area (Å²) in [6.45, 7) is 3.11. The van der Waals surface area contributed by atoms with Crippen LogP contribution in [0.4, 0.5) is 0 Å². The number of nitrogens with one attached hydrogen (secondary N) is 1. The molecule has 1 aromatic rings. The summed E-state index contributed by atoms with van der Waals surface area (Å²) in [4.78, 5) is 25.1. The van der Waals surface area contributed by atoms with Crippen molar-refractivity contribution in [2.24, 2.45) is 0 Å². The fraction of sp³-hybridized carbons (Fsp3) is 0.429. The van der Waals surface area contributed by atoms with Crippen molar-refractivity contribution in [2.75, 3.05) is 13.1 Å². The minimum Gasteiger partial charge on any atom is -0.349 e. The molecule has 1 heterocycles. The Labute approximate surface area is 117 Å². The van der Waals surface area contributed by atoms with Gasteiger partial charge < -0.3 is 10.2 Å². The average Bonchev–Trinajstić information content (AvgIpc) is 2.26. The molecule has 0 aliphatic carbocycles. The van der Waals surface area contributed by atoms with Crippen LogP contribution in [0.25, 0.3) is 0 Å². The fourth-order valence-electron chi connectivity index (χ4n) is 2.06. The molecule has 1 aliphatic heterocycles. The molecule has 1 atom stereocenters. The van der Waals surface area contributed by atoms with Gasteiger partial charge in [0.2, 0.25) is 11.8 Å². The monoisotopic (exact) mass is 280 g/mol. The van der Waals surface area contributed by atoms with Crippen LogP contribution in [0.1, 0.15) is 31.4 Å². The molecule has 0 spiro atoms. The van der Waals surface area contributed by atoms with E-state index in [2.05, 4.69) is 5.32 Å². The van der Waals surface area contributed by atoms with Gasteiger partial charge in [-0.3, -0.25) is 9.59 Å². The van der Waals surface area contributed by atoms with Crippen LogP contribution < -0.4 is 5.32 Å². The number of carbonyl (C=O) groups is 2. The second kappa shape index (κ2) is 6.06. The van der Waals surface area contributed by atoms with E-state index in [0.717, 1.165) is 25.1 Å². The van der Waals surface area contributed by atoms with Gasteiger partial charge in [-0.2, -0.15) is 0 Å². The highest BCUT2D eigenvalue weighted by Gasteiger charge is 2.24. The molecule has 1 aliphatic rings. The van der Waals surface area contributed by atoms with Gasteiger partial charge in [0.25, 0.3) is 0 Å². The van der Waals surface area contributed by atoms with Crippen LogP contribution in [0, 0.1) is 0 Å². The van der Waals surface area contributed by atoms with E-state index in [-0.39, 0.29) is 17.9 Å².